The summed E-state index contributed by atoms with van der Waals surface area (Å²) >= 11 is 5.93. The van der Waals surface area contributed by atoms with E-state index in [1.54, 1.807) is 18.2 Å². The third-order valence-corrected chi connectivity index (χ3v) is 7.26. The van der Waals surface area contributed by atoms with Crippen LogP contribution in [0.15, 0.2) is 71.6 Å². The molecule has 7 nitrogen and oxygen atoms in total. The zero-order valence-electron chi connectivity index (χ0n) is 18.0. The highest BCUT2D eigenvalue weighted by Crippen LogP contribution is 2.32. The lowest BCUT2D eigenvalue weighted by molar-refractivity contribution is -0.116. The SMILES string of the molecule is Cc1ccccc1CN(CC(=O)Nc1ccc2c(c1)OCCO2)S(=O)(=O)c1ccc(Cl)cc1. The number of halogens is 1. The van der Waals surface area contributed by atoms with E-state index in [1.165, 1.54) is 24.3 Å². The number of benzene rings is 3. The number of carbonyl (C=O) groups excluding carboxylic acids is 1. The maximum Gasteiger partial charge on any atom is 0.243 e. The van der Waals surface area contributed by atoms with Gasteiger partial charge in [0.05, 0.1) is 11.4 Å². The van der Waals surface area contributed by atoms with E-state index in [9.17, 15) is 13.2 Å². The number of aryl methyl sites for hydroxylation is 1. The molecule has 0 aromatic heterocycles. The summed E-state index contributed by atoms with van der Waals surface area (Å²) < 4.78 is 39.0. The first-order chi connectivity index (χ1) is 15.8. The summed E-state index contributed by atoms with van der Waals surface area (Å²) in [6.45, 7) is 2.47. The molecule has 172 valence electrons. The summed E-state index contributed by atoms with van der Waals surface area (Å²) in [5, 5.41) is 3.18. The zero-order chi connectivity index (χ0) is 23.4. The van der Waals surface area contributed by atoms with Crippen molar-refractivity contribution in [2.45, 2.75) is 18.4 Å². The Morgan fingerprint density at radius 3 is 2.42 bits per heavy atom. The van der Waals surface area contributed by atoms with Gasteiger partial charge >= 0.3 is 0 Å². The fourth-order valence-electron chi connectivity index (χ4n) is 3.44. The summed E-state index contributed by atoms with van der Waals surface area (Å²) in [5.74, 6) is 0.660. The molecule has 3 aromatic rings. The maximum absolute atomic E-state index is 13.4. The second-order valence-corrected chi connectivity index (χ2v) is 9.93. The number of hydrogen-bond acceptors (Lipinski definition) is 5. The van der Waals surface area contributed by atoms with Crippen LogP contribution in [-0.2, 0) is 21.4 Å². The van der Waals surface area contributed by atoms with E-state index in [1.807, 2.05) is 31.2 Å². The molecule has 0 saturated heterocycles. The van der Waals surface area contributed by atoms with Gasteiger partial charge in [-0.25, -0.2) is 8.42 Å². The van der Waals surface area contributed by atoms with E-state index in [4.69, 9.17) is 21.1 Å². The highest BCUT2D eigenvalue weighted by atomic mass is 35.5. The minimum atomic E-state index is -3.97. The summed E-state index contributed by atoms with van der Waals surface area (Å²) in [7, 11) is -3.97. The van der Waals surface area contributed by atoms with Gasteiger partial charge in [-0.2, -0.15) is 4.31 Å². The van der Waals surface area contributed by atoms with Crippen molar-refractivity contribution in [3.05, 3.63) is 82.9 Å². The van der Waals surface area contributed by atoms with Crippen LogP contribution in [0.3, 0.4) is 0 Å². The molecule has 33 heavy (non-hydrogen) atoms. The van der Waals surface area contributed by atoms with E-state index in [0.717, 1.165) is 15.4 Å². The van der Waals surface area contributed by atoms with E-state index >= 15 is 0 Å². The molecule has 1 heterocycles. The predicted octanol–water partition coefficient (Wildman–Crippen LogP) is 4.25. The number of sulfonamides is 1. The largest absolute Gasteiger partial charge is 0.486 e. The quantitative estimate of drug-likeness (QED) is 0.539. The van der Waals surface area contributed by atoms with Crippen molar-refractivity contribution in [2.75, 3.05) is 25.1 Å². The Bertz CT molecular complexity index is 1260. The normalized spacial score (nSPS) is 13.1. The van der Waals surface area contributed by atoms with Gasteiger partial charge in [0, 0.05) is 23.3 Å². The van der Waals surface area contributed by atoms with Crippen molar-refractivity contribution in [1.29, 1.82) is 0 Å². The minimum absolute atomic E-state index is 0.0478. The molecule has 1 aliphatic heterocycles. The minimum Gasteiger partial charge on any atom is -0.486 e. The van der Waals surface area contributed by atoms with Crippen LogP contribution in [0, 0.1) is 6.92 Å². The molecule has 0 aliphatic carbocycles. The maximum atomic E-state index is 13.4. The van der Waals surface area contributed by atoms with Crippen LogP contribution in [0.5, 0.6) is 11.5 Å². The van der Waals surface area contributed by atoms with Crippen LogP contribution in [0.2, 0.25) is 5.02 Å². The van der Waals surface area contributed by atoms with Gasteiger partial charge in [-0.05, 0) is 54.4 Å². The summed E-state index contributed by atoms with van der Waals surface area (Å²) in [6, 6.07) is 18.4. The van der Waals surface area contributed by atoms with Crippen molar-refractivity contribution in [1.82, 2.24) is 4.31 Å². The number of nitrogens with one attached hydrogen (secondary N) is 1. The molecule has 0 unspecified atom stereocenters. The molecular formula is C24H23ClN2O5S. The molecule has 0 atom stereocenters. The Kier molecular flexibility index (Phi) is 6.88. The van der Waals surface area contributed by atoms with Gasteiger partial charge < -0.3 is 14.8 Å². The fraction of sp³-hybridized carbons (Fsp3) is 0.208. The number of anilines is 1. The van der Waals surface area contributed by atoms with Crippen LogP contribution < -0.4 is 14.8 Å². The molecule has 0 spiro atoms. The van der Waals surface area contributed by atoms with Gasteiger partial charge in [-0.15, -0.1) is 0 Å². The van der Waals surface area contributed by atoms with Crippen molar-refractivity contribution in [3.8, 4) is 11.5 Å². The molecule has 0 fully saturated rings. The molecule has 0 radical (unpaired) electrons. The van der Waals surface area contributed by atoms with Gasteiger partial charge in [0.2, 0.25) is 15.9 Å². The number of amides is 1. The fourth-order valence-corrected chi connectivity index (χ4v) is 4.94. The monoisotopic (exact) mass is 486 g/mol. The molecular weight excluding hydrogens is 464 g/mol. The van der Waals surface area contributed by atoms with Gasteiger partial charge in [0.25, 0.3) is 0 Å². The van der Waals surface area contributed by atoms with Crippen LogP contribution in [-0.4, -0.2) is 38.4 Å². The topological polar surface area (TPSA) is 84.9 Å². The number of rotatable bonds is 7. The van der Waals surface area contributed by atoms with Gasteiger partial charge in [-0.1, -0.05) is 35.9 Å². The summed E-state index contributed by atoms with van der Waals surface area (Å²) in [6.07, 6.45) is 0. The Hall–Kier alpha value is -3.07. The Labute approximate surface area is 197 Å². The van der Waals surface area contributed by atoms with E-state index < -0.39 is 15.9 Å². The lowest BCUT2D eigenvalue weighted by Gasteiger charge is -2.23. The molecule has 4 rings (SSSR count). The van der Waals surface area contributed by atoms with Crippen molar-refractivity contribution in [3.63, 3.8) is 0 Å². The first kappa shape index (κ1) is 23.1. The Morgan fingerprint density at radius 1 is 1.00 bits per heavy atom. The molecule has 1 aliphatic rings. The average Bonchev–Trinajstić information content (AvgIpc) is 2.80. The van der Waals surface area contributed by atoms with E-state index in [2.05, 4.69) is 5.32 Å². The number of nitrogens with zero attached hydrogens (tertiary/aromatic N) is 1. The van der Waals surface area contributed by atoms with Crippen molar-refractivity contribution in [2.24, 2.45) is 0 Å². The summed E-state index contributed by atoms with van der Waals surface area (Å²) in [4.78, 5) is 13.0. The Balaban J connectivity index is 1.58. The molecule has 1 amide bonds. The Morgan fingerprint density at radius 2 is 1.70 bits per heavy atom. The number of hydrogen-bond donors (Lipinski definition) is 1. The van der Waals surface area contributed by atoms with Crippen LogP contribution in [0.4, 0.5) is 5.69 Å². The molecule has 3 aromatic carbocycles. The number of carbonyl (C=O) groups is 1. The smallest absolute Gasteiger partial charge is 0.243 e. The van der Waals surface area contributed by atoms with Gasteiger partial charge in [0.15, 0.2) is 11.5 Å². The molecule has 0 saturated carbocycles. The second-order valence-electron chi connectivity index (χ2n) is 7.56. The first-order valence-corrected chi connectivity index (χ1v) is 12.1. The lowest BCUT2D eigenvalue weighted by Crippen LogP contribution is -2.37. The van der Waals surface area contributed by atoms with Crippen molar-refractivity contribution < 1.29 is 22.7 Å². The number of fused-ring (bicyclic) bond motifs is 1. The number of ether oxygens (including phenoxy) is 2. The highest BCUT2D eigenvalue weighted by molar-refractivity contribution is 7.89. The van der Waals surface area contributed by atoms with Crippen LogP contribution in [0.1, 0.15) is 11.1 Å². The third-order valence-electron chi connectivity index (χ3n) is 5.21. The molecule has 0 bridgehead atoms. The molecule has 1 N–H and O–H groups in total. The van der Waals surface area contributed by atoms with Crippen LogP contribution in [0.25, 0.3) is 0 Å². The zero-order valence-corrected chi connectivity index (χ0v) is 19.5. The third kappa shape index (κ3) is 5.47. The average molecular weight is 487 g/mol. The standard InChI is InChI=1S/C24H23ClN2O5S/c1-17-4-2-3-5-18(17)15-27(33(29,30)21-9-6-19(25)7-10-21)16-24(28)26-20-8-11-22-23(14-20)32-13-12-31-22/h2-11,14H,12-13,15-16H2,1H3,(H,26,28). The molecule has 9 heteroatoms. The van der Waals surface area contributed by atoms with Gasteiger partial charge in [-0.3, -0.25) is 4.79 Å². The lowest BCUT2D eigenvalue weighted by atomic mass is 10.1. The highest BCUT2D eigenvalue weighted by Gasteiger charge is 2.27. The second kappa shape index (κ2) is 9.82. The predicted molar refractivity (Wildman–Crippen MR) is 126 cm³/mol. The van der Waals surface area contributed by atoms with Crippen LogP contribution >= 0.6 is 11.6 Å². The van der Waals surface area contributed by atoms with Crippen molar-refractivity contribution >= 4 is 33.2 Å². The van der Waals surface area contributed by atoms with E-state index in [-0.39, 0.29) is 18.0 Å². The summed E-state index contributed by atoms with van der Waals surface area (Å²) in [5.41, 5.74) is 2.23. The first-order valence-electron chi connectivity index (χ1n) is 10.3. The van der Waals surface area contributed by atoms with Gasteiger partial charge in [0.1, 0.15) is 13.2 Å². The van der Waals surface area contributed by atoms with E-state index in [0.29, 0.717) is 35.4 Å².